The highest BCUT2D eigenvalue weighted by molar-refractivity contribution is 6.08. The maximum atomic E-state index is 12.7. The number of nitrogens with one attached hydrogen (secondary N) is 2. The third kappa shape index (κ3) is 4.42. The van der Waals surface area contributed by atoms with Crippen LogP contribution < -0.4 is 10.6 Å². The summed E-state index contributed by atoms with van der Waals surface area (Å²) in [5, 5.41) is 5.21. The Kier molecular flexibility index (Phi) is 4.66. The second kappa shape index (κ2) is 6.65. The largest absolute Gasteiger partial charge is 0.326 e. The molecule has 5 heteroatoms. The van der Waals surface area contributed by atoms with E-state index in [-0.39, 0.29) is 12.2 Å². The molecule has 0 bridgehead atoms. The van der Waals surface area contributed by atoms with Crippen molar-refractivity contribution in [1.82, 2.24) is 0 Å². The number of rotatable bonds is 4. The van der Waals surface area contributed by atoms with Gasteiger partial charge in [0.25, 0.3) is 0 Å². The summed E-state index contributed by atoms with van der Waals surface area (Å²) in [7, 11) is 0. The van der Waals surface area contributed by atoms with Gasteiger partial charge in [0.1, 0.15) is 12.2 Å². The molecule has 2 aromatic rings. The maximum absolute atomic E-state index is 12.7. The van der Waals surface area contributed by atoms with E-state index in [0.29, 0.717) is 11.4 Å². The van der Waals surface area contributed by atoms with Crippen molar-refractivity contribution in [2.75, 3.05) is 10.6 Å². The lowest BCUT2D eigenvalue weighted by atomic mass is 10.2. The molecule has 0 aliphatic heterocycles. The van der Waals surface area contributed by atoms with Crippen LogP contribution in [0, 0.1) is 12.7 Å². The number of aryl methyl sites for hydroxylation is 1. The highest BCUT2D eigenvalue weighted by Gasteiger charge is 2.10. The number of carbonyl (C=O) groups excluding carboxylic acids is 2. The first-order chi connectivity index (χ1) is 10.0. The third-order valence-electron chi connectivity index (χ3n) is 2.87. The molecule has 0 aliphatic carbocycles. The molecule has 2 aromatic carbocycles. The number of carbonyl (C=O) groups is 2. The summed E-state index contributed by atoms with van der Waals surface area (Å²) in [4.78, 5) is 23.5. The van der Waals surface area contributed by atoms with Gasteiger partial charge in [-0.25, -0.2) is 4.39 Å². The van der Waals surface area contributed by atoms with E-state index in [2.05, 4.69) is 10.6 Å². The average molecular weight is 286 g/mol. The second-order valence-corrected chi connectivity index (χ2v) is 4.59. The van der Waals surface area contributed by atoms with Crippen LogP contribution in [0.3, 0.4) is 0 Å². The van der Waals surface area contributed by atoms with Crippen LogP contribution in [0.15, 0.2) is 48.5 Å². The SMILES string of the molecule is Cc1ccccc1NC(=O)CC(=O)Nc1ccc(F)cc1. The second-order valence-electron chi connectivity index (χ2n) is 4.59. The van der Waals surface area contributed by atoms with Crippen LogP contribution >= 0.6 is 0 Å². The predicted molar refractivity (Wildman–Crippen MR) is 79.5 cm³/mol. The van der Waals surface area contributed by atoms with Gasteiger partial charge >= 0.3 is 0 Å². The molecule has 21 heavy (non-hydrogen) atoms. The van der Waals surface area contributed by atoms with E-state index in [0.717, 1.165) is 5.56 Å². The van der Waals surface area contributed by atoms with Crippen molar-refractivity contribution in [2.24, 2.45) is 0 Å². The van der Waals surface area contributed by atoms with Gasteiger partial charge in [-0.3, -0.25) is 9.59 Å². The Hall–Kier alpha value is -2.69. The lowest BCUT2D eigenvalue weighted by Gasteiger charge is -2.08. The van der Waals surface area contributed by atoms with E-state index >= 15 is 0 Å². The van der Waals surface area contributed by atoms with E-state index in [1.54, 1.807) is 12.1 Å². The molecule has 4 nitrogen and oxygen atoms in total. The fourth-order valence-electron chi connectivity index (χ4n) is 1.79. The summed E-state index contributed by atoms with van der Waals surface area (Å²) in [6.45, 7) is 1.87. The Morgan fingerprint density at radius 2 is 1.57 bits per heavy atom. The van der Waals surface area contributed by atoms with E-state index in [4.69, 9.17) is 0 Å². The molecular weight excluding hydrogens is 271 g/mol. The number of amides is 2. The molecule has 108 valence electrons. The number of para-hydroxylation sites is 1. The fourth-order valence-corrected chi connectivity index (χ4v) is 1.79. The van der Waals surface area contributed by atoms with Crippen molar-refractivity contribution in [1.29, 1.82) is 0 Å². The standard InChI is InChI=1S/C16H15FN2O2/c1-11-4-2-3-5-14(11)19-16(21)10-15(20)18-13-8-6-12(17)7-9-13/h2-9H,10H2,1H3,(H,18,20)(H,19,21). The Morgan fingerprint density at radius 1 is 0.952 bits per heavy atom. The lowest BCUT2D eigenvalue weighted by Crippen LogP contribution is -2.21. The monoisotopic (exact) mass is 286 g/mol. The molecule has 0 atom stereocenters. The summed E-state index contributed by atoms with van der Waals surface area (Å²) in [5.41, 5.74) is 2.05. The minimum atomic E-state index is -0.451. The van der Waals surface area contributed by atoms with Crippen LogP contribution in [0.2, 0.25) is 0 Å². The van der Waals surface area contributed by atoms with Gasteiger partial charge in [-0.15, -0.1) is 0 Å². The Balaban J connectivity index is 1.89. The molecule has 0 radical (unpaired) electrons. The molecule has 0 fully saturated rings. The number of hydrogen-bond acceptors (Lipinski definition) is 2. The Bertz CT molecular complexity index is 654. The summed E-state index contributed by atoms with van der Waals surface area (Å²) < 4.78 is 12.7. The zero-order chi connectivity index (χ0) is 15.2. The van der Waals surface area contributed by atoms with Crippen molar-refractivity contribution < 1.29 is 14.0 Å². The smallest absolute Gasteiger partial charge is 0.233 e. The van der Waals surface area contributed by atoms with Crippen molar-refractivity contribution >= 4 is 23.2 Å². The van der Waals surface area contributed by atoms with Crippen molar-refractivity contribution in [3.63, 3.8) is 0 Å². The van der Waals surface area contributed by atoms with Crippen LogP contribution in [-0.4, -0.2) is 11.8 Å². The fraction of sp³-hybridized carbons (Fsp3) is 0.125. The number of anilines is 2. The van der Waals surface area contributed by atoms with E-state index in [9.17, 15) is 14.0 Å². The summed E-state index contributed by atoms with van der Waals surface area (Å²) in [6.07, 6.45) is -0.300. The molecular formula is C16H15FN2O2. The van der Waals surface area contributed by atoms with Crippen LogP contribution in [0.25, 0.3) is 0 Å². The normalized spacial score (nSPS) is 10.0. The first-order valence-electron chi connectivity index (χ1n) is 6.45. The van der Waals surface area contributed by atoms with Crippen LogP contribution in [0.1, 0.15) is 12.0 Å². The maximum Gasteiger partial charge on any atom is 0.233 e. The lowest BCUT2D eigenvalue weighted by molar-refractivity contribution is -0.123. The summed E-state index contributed by atoms with van der Waals surface area (Å²) in [5.74, 6) is -1.23. The van der Waals surface area contributed by atoms with Crippen LogP contribution in [0.5, 0.6) is 0 Å². The van der Waals surface area contributed by atoms with Crippen molar-refractivity contribution in [3.8, 4) is 0 Å². The molecule has 2 rings (SSSR count). The molecule has 0 aromatic heterocycles. The van der Waals surface area contributed by atoms with Crippen molar-refractivity contribution in [2.45, 2.75) is 13.3 Å². The first-order valence-corrected chi connectivity index (χ1v) is 6.45. The van der Waals surface area contributed by atoms with Gasteiger partial charge in [0.2, 0.25) is 11.8 Å². The van der Waals surface area contributed by atoms with Crippen LogP contribution in [0.4, 0.5) is 15.8 Å². The third-order valence-corrected chi connectivity index (χ3v) is 2.87. The zero-order valence-corrected chi connectivity index (χ0v) is 11.5. The van der Waals surface area contributed by atoms with E-state index < -0.39 is 11.8 Å². The van der Waals surface area contributed by atoms with Crippen molar-refractivity contribution in [3.05, 3.63) is 59.9 Å². The van der Waals surface area contributed by atoms with E-state index in [1.807, 2.05) is 19.1 Å². The minimum Gasteiger partial charge on any atom is -0.326 e. The van der Waals surface area contributed by atoms with Gasteiger partial charge in [0, 0.05) is 11.4 Å². The average Bonchev–Trinajstić information content (AvgIpc) is 2.44. The first kappa shape index (κ1) is 14.7. The molecule has 0 aliphatic rings. The Morgan fingerprint density at radius 3 is 2.24 bits per heavy atom. The Labute approximate surface area is 122 Å². The zero-order valence-electron chi connectivity index (χ0n) is 11.5. The summed E-state index contributed by atoms with van der Waals surface area (Å²) in [6, 6.07) is 12.7. The highest BCUT2D eigenvalue weighted by atomic mass is 19.1. The number of halogens is 1. The van der Waals surface area contributed by atoms with Gasteiger partial charge in [-0.05, 0) is 42.8 Å². The number of benzene rings is 2. The van der Waals surface area contributed by atoms with E-state index in [1.165, 1.54) is 24.3 Å². The topological polar surface area (TPSA) is 58.2 Å². The molecule has 2 amide bonds. The molecule has 0 saturated carbocycles. The van der Waals surface area contributed by atoms with Gasteiger partial charge in [0.05, 0.1) is 0 Å². The number of hydrogen-bond donors (Lipinski definition) is 2. The van der Waals surface area contributed by atoms with Gasteiger partial charge in [-0.2, -0.15) is 0 Å². The molecule has 0 heterocycles. The van der Waals surface area contributed by atoms with Gasteiger partial charge < -0.3 is 10.6 Å². The molecule has 0 unspecified atom stereocenters. The minimum absolute atomic E-state index is 0.300. The molecule has 0 spiro atoms. The van der Waals surface area contributed by atoms with Gasteiger partial charge in [0.15, 0.2) is 0 Å². The summed E-state index contributed by atoms with van der Waals surface area (Å²) >= 11 is 0. The molecule has 0 saturated heterocycles. The van der Waals surface area contributed by atoms with Gasteiger partial charge in [-0.1, -0.05) is 18.2 Å². The highest BCUT2D eigenvalue weighted by Crippen LogP contribution is 2.13. The quantitative estimate of drug-likeness (QED) is 0.848. The van der Waals surface area contributed by atoms with Crippen LogP contribution in [-0.2, 0) is 9.59 Å². The molecule has 2 N–H and O–H groups in total. The predicted octanol–water partition coefficient (Wildman–Crippen LogP) is 3.10.